The Morgan fingerprint density at radius 3 is 2.17 bits per heavy atom. The van der Waals surface area contributed by atoms with E-state index < -0.39 is 5.95 Å². The van der Waals surface area contributed by atoms with Gasteiger partial charge in [-0.2, -0.15) is 4.39 Å². The molecule has 1 aromatic heterocycles. The van der Waals surface area contributed by atoms with Gasteiger partial charge in [0.2, 0.25) is 5.95 Å². The molecule has 0 N–H and O–H groups in total. The smallest absolute Gasteiger partial charge is 0.212 e. The summed E-state index contributed by atoms with van der Waals surface area (Å²) in [6, 6.07) is 11.7. The van der Waals surface area contributed by atoms with E-state index in [0.29, 0.717) is 5.92 Å². The van der Waals surface area contributed by atoms with E-state index in [0.717, 1.165) is 17.0 Å². The van der Waals surface area contributed by atoms with Gasteiger partial charge in [-0.3, -0.25) is 0 Å². The van der Waals surface area contributed by atoms with E-state index in [2.05, 4.69) is 48.0 Å². The van der Waals surface area contributed by atoms with Gasteiger partial charge in [0.25, 0.3) is 0 Å². The highest BCUT2D eigenvalue weighted by Crippen LogP contribution is 2.37. The van der Waals surface area contributed by atoms with Crippen molar-refractivity contribution in [1.82, 2.24) is 4.98 Å². The van der Waals surface area contributed by atoms with E-state index in [9.17, 15) is 4.39 Å². The van der Waals surface area contributed by atoms with Crippen molar-refractivity contribution in [3.63, 3.8) is 0 Å². The molecule has 0 saturated heterocycles. The molecule has 1 fully saturated rings. The van der Waals surface area contributed by atoms with Crippen LogP contribution in [0.5, 0.6) is 0 Å². The van der Waals surface area contributed by atoms with Crippen molar-refractivity contribution >= 4 is 0 Å². The molecule has 1 aliphatic rings. The lowest BCUT2D eigenvalue weighted by atomic mass is 9.77. The first-order chi connectivity index (χ1) is 14.2. The number of pyridine rings is 1. The number of aromatic nitrogens is 1. The summed E-state index contributed by atoms with van der Waals surface area (Å²) in [4.78, 5) is 3.64. The fourth-order valence-electron chi connectivity index (χ4n) is 4.43. The highest BCUT2D eigenvalue weighted by molar-refractivity contribution is 5.42. The Morgan fingerprint density at radius 2 is 1.48 bits per heavy atom. The number of halogens is 1. The minimum atomic E-state index is -0.471. The van der Waals surface area contributed by atoms with Crippen LogP contribution in [-0.2, 0) is 0 Å². The molecule has 1 aliphatic carbocycles. The Balaban J connectivity index is 1.41. The molecule has 0 atom stereocenters. The van der Waals surface area contributed by atoms with Gasteiger partial charge in [-0.25, -0.2) is 4.98 Å². The zero-order valence-corrected chi connectivity index (χ0v) is 17.8. The Morgan fingerprint density at radius 1 is 0.828 bits per heavy atom. The summed E-state index contributed by atoms with van der Waals surface area (Å²) in [5.41, 5.74) is 3.19. The molecule has 2 heteroatoms. The van der Waals surface area contributed by atoms with Gasteiger partial charge in [-0.1, -0.05) is 75.8 Å². The van der Waals surface area contributed by atoms with Gasteiger partial charge in [0.1, 0.15) is 0 Å². The first-order valence-corrected chi connectivity index (χ1v) is 11.5. The molecule has 0 radical (unpaired) electrons. The second-order valence-electron chi connectivity index (χ2n) is 8.52. The van der Waals surface area contributed by atoms with E-state index in [1.165, 1.54) is 88.5 Å². The molecule has 1 aromatic carbocycles. The lowest BCUT2D eigenvalue weighted by molar-refractivity contribution is 0.302. The van der Waals surface area contributed by atoms with Crippen LogP contribution in [0.4, 0.5) is 4.39 Å². The fourth-order valence-corrected chi connectivity index (χ4v) is 4.43. The maximum absolute atomic E-state index is 12.9. The summed E-state index contributed by atoms with van der Waals surface area (Å²) < 4.78 is 12.9. The van der Waals surface area contributed by atoms with Gasteiger partial charge in [0, 0.05) is 17.3 Å². The quantitative estimate of drug-likeness (QED) is 0.256. The van der Waals surface area contributed by atoms with Crippen LogP contribution in [0.25, 0.3) is 0 Å². The molecular formula is C27H34FN. The highest BCUT2D eigenvalue weighted by atomic mass is 19.1. The van der Waals surface area contributed by atoms with Crippen LogP contribution in [0.2, 0.25) is 0 Å². The zero-order valence-electron chi connectivity index (χ0n) is 17.8. The van der Waals surface area contributed by atoms with Crippen LogP contribution in [-0.4, -0.2) is 4.98 Å². The van der Waals surface area contributed by atoms with E-state index in [4.69, 9.17) is 0 Å². The summed E-state index contributed by atoms with van der Waals surface area (Å²) in [5, 5.41) is 0. The number of hydrogen-bond acceptors (Lipinski definition) is 1. The molecule has 1 heterocycles. The maximum atomic E-state index is 12.9. The molecule has 2 aromatic rings. The van der Waals surface area contributed by atoms with E-state index in [1.54, 1.807) is 6.07 Å². The number of benzene rings is 1. The first-order valence-electron chi connectivity index (χ1n) is 11.5. The van der Waals surface area contributed by atoms with Gasteiger partial charge in [0.15, 0.2) is 0 Å². The van der Waals surface area contributed by atoms with Gasteiger partial charge in [-0.05, 0) is 67.3 Å². The lowest BCUT2D eigenvalue weighted by Gasteiger charge is -2.29. The van der Waals surface area contributed by atoms with Crippen molar-refractivity contribution in [3.05, 3.63) is 65.2 Å². The molecule has 1 nitrogen and oxygen atoms in total. The third kappa shape index (κ3) is 7.32. The lowest BCUT2D eigenvalue weighted by Crippen LogP contribution is -2.13. The average Bonchev–Trinajstić information content (AvgIpc) is 2.77. The van der Waals surface area contributed by atoms with Crippen molar-refractivity contribution in [3.8, 4) is 11.8 Å². The van der Waals surface area contributed by atoms with E-state index in [-0.39, 0.29) is 0 Å². The molecule has 29 heavy (non-hydrogen) atoms. The van der Waals surface area contributed by atoms with Crippen LogP contribution < -0.4 is 0 Å². The molecule has 1 saturated carbocycles. The number of rotatable bonds is 8. The van der Waals surface area contributed by atoms with Crippen molar-refractivity contribution in [2.24, 2.45) is 5.92 Å². The fraction of sp³-hybridized carbons (Fsp3) is 0.519. The van der Waals surface area contributed by atoms with Crippen molar-refractivity contribution in [2.75, 3.05) is 0 Å². The Kier molecular flexibility index (Phi) is 8.75. The maximum Gasteiger partial charge on any atom is 0.212 e. The van der Waals surface area contributed by atoms with Crippen molar-refractivity contribution in [2.45, 2.75) is 83.5 Å². The van der Waals surface area contributed by atoms with E-state index >= 15 is 0 Å². The second kappa shape index (κ2) is 11.8. The Labute approximate surface area is 176 Å². The molecule has 0 bridgehead atoms. The third-order valence-corrected chi connectivity index (χ3v) is 6.27. The predicted octanol–water partition coefficient (Wildman–Crippen LogP) is 7.64. The summed E-state index contributed by atoms with van der Waals surface area (Å²) >= 11 is 0. The molecule has 0 unspecified atom stereocenters. The topological polar surface area (TPSA) is 12.9 Å². The molecule has 0 amide bonds. The van der Waals surface area contributed by atoms with Crippen LogP contribution >= 0.6 is 0 Å². The standard InChI is InChI=1S/C27H34FN/c1-2-3-4-5-6-7-8-22-11-16-25(17-12-22)26-18-13-23(14-19-26)9-10-24-15-20-27(28)29-21-24/h13-15,18-22,25H,2-8,11-12,16-17H2,1H3. The normalized spacial score (nSPS) is 18.8. The summed E-state index contributed by atoms with van der Waals surface area (Å²) in [6.45, 7) is 2.28. The first kappa shape index (κ1) is 21.6. The Bertz CT molecular complexity index is 774. The molecular weight excluding hydrogens is 357 g/mol. The SMILES string of the molecule is CCCCCCCCC1CCC(c2ccc(C#Cc3ccc(F)nc3)cc2)CC1. The molecule has 0 aliphatic heterocycles. The number of nitrogens with zero attached hydrogens (tertiary/aromatic N) is 1. The van der Waals surface area contributed by atoms with Gasteiger partial charge < -0.3 is 0 Å². The molecule has 3 rings (SSSR count). The van der Waals surface area contributed by atoms with Gasteiger partial charge in [0.05, 0.1) is 0 Å². The molecule has 0 spiro atoms. The van der Waals surface area contributed by atoms with E-state index in [1.807, 2.05) is 0 Å². The number of unbranched alkanes of at least 4 members (excludes halogenated alkanes) is 5. The van der Waals surface area contributed by atoms with Crippen LogP contribution in [0.15, 0.2) is 42.6 Å². The van der Waals surface area contributed by atoms with Gasteiger partial charge in [-0.15, -0.1) is 0 Å². The minimum Gasteiger partial charge on any atom is -0.227 e. The van der Waals surface area contributed by atoms with Crippen LogP contribution in [0.3, 0.4) is 0 Å². The minimum absolute atomic E-state index is 0.471. The zero-order chi connectivity index (χ0) is 20.3. The summed E-state index contributed by atoms with van der Waals surface area (Å²) in [7, 11) is 0. The Hall–Kier alpha value is -2.14. The van der Waals surface area contributed by atoms with Gasteiger partial charge >= 0.3 is 0 Å². The average molecular weight is 392 g/mol. The van der Waals surface area contributed by atoms with Crippen LogP contribution in [0, 0.1) is 23.7 Å². The highest BCUT2D eigenvalue weighted by Gasteiger charge is 2.21. The van der Waals surface area contributed by atoms with Crippen molar-refractivity contribution in [1.29, 1.82) is 0 Å². The third-order valence-electron chi connectivity index (χ3n) is 6.27. The molecule has 154 valence electrons. The second-order valence-corrected chi connectivity index (χ2v) is 8.52. The largest absolute Gasteiger partial charge is 0.227 e. The summed E-state index contributed by atoms with van der Waals surface area (Å²) in [5.74, 6) is 7.38. The predicted molar refractivity (Wildman–Crippen MR) is 119 cm³/mol. The monoisotopic (exact) mass is 391 g/mol. The number of hydrogen-bond donors (Lipinski definition) is 0. The van der Waals surface area contributed by atoms with Crippen LogP contribution in [0.1, 0.15) is 100 Å². The van der Waals surface area contributed by atoms with Crippen molar-refractivity contribution < 1.29 is 4.39 Å². The summed E-state index contributed by atoms with van der Waals surface area (Å²) in [6.07, 6.45) is 16.8.